The molecule has 3 heteroatoms. The molecule has 0 atom stereocenters. The van der Waals surface area contributed by atoms with Gasteiger partial charge in [0, 0.05) is 11.4 Å². The summed E-state index contributed by atoms with van der Waals surface area (Å²) in [6, 6.07) is 7.80. The van der Waals surface area contributed by atoms with E-state index >= 15 is 0 Å². The monoisotopic (exact) mass is 254 g/mol. The van der Waals surface area contributed by atoms with Crippen molar-refractivity contribution in [3.8, 4) is 0 Å². The van der Waals surface area contributed by atoms with E-state index in [2.05, 4.69) is 22.5 Å². The Morgan fingerprint density at radius 2 is 2.07 bits per heavy atom. The summed E-state index contributed by atoms with van der Waals surface area (Å²) in [5, 5.41) is 0.759. The molecule has 0 fully saturated rings. The van der Waals surface area contributed by atoms with Crippen molar-refractivity contribution in [3.63, 3.8) is 0 Å². The Morgan fingerprint density at radius 3 is 2.64 bits per heavy atom. The Kier molecular flexibility index (Phi) is 4.40. The molecule has 1 aromatic rings. The van der Waals surface area contributed by atoms with Crippen LogP contribution in [0.4, 0.5) is 0 Å². The standard InChI is InChI=1S/C11H11BrO2/c1-2-11(13)14-8-10-6-4-3-5-9(10)7-12/h2-6H,1,7-8H2. The number of alkyl halides is 1. The van der Waals surface area contributed by atoms with E-state index in [1.165, 1.54) is 0 Å². The molecule has 0 aliphatic rings. The van der Waals surface area contributed by atoms with Gasteiger partial charge in [-0.15, -0.1) is 0 Å². The van der Waals surface area contributed by atoms with Crippen LogP contribution in [-0.4, -0.2) is 5.97 Å². The van der Waals surface area contributed by atoms with E-state index in [4.69, 9.17) is 4.74 Å². The summed E-state index contributed by atoms with van der Waals surface area (Å²) >= 11 is 3.37. The van der Waals surface area contributed by atoms with Crippen LogP contribution in [0.1, 0.15) is 11.1 Å². The largest absolute Gasteiger partial charge is 0.458 e. The summed E-state index contributed by atoms with van der Waals surface area (Å²) in [7, 11) is 0. The fourth-order valence-electron chi connectivity index (χ4n) is 1.04. The second kappa shape index (κ2) is 5.60. The fraction of sp³-hybridized carbons (Fsp3) is 0.182. The third kappa shape index (κ3) is 3.00. The van der Waals surface area contributed by atoms with Crippen LogP contribution in [0.5, 0.6) is 0 Å². The molecule has 0 aliphatic heterocycles. The lowest BCUT2D eigenvalue weighted by Crippen LogP contribution is -2.02. The molecule has 0 amide bonds. The van der Waals surface area contributed by atoms with Gasteiger partial charge in [-0.25, -0.2) is 4.79 Å². The molecule has 1 rings (SSSR count). The molecule has 0 saturated carbocycles. The number of ether oxygens (including phenoxy) is 1. The maximum atomic E-state index is 10.8. The minimum atomic E-state index is -0.394. The van der Waals surface area contributed by atoms with E-state index in [9.17, 15) is 4.79 Å². The number of carbonyl (C=O) groups is 1. The minimum Gasteiger partial charge on any atom is -0.458 e. The summed E-state index contributed by atoms with van der Waals surface area (Å²) in [6.07, 6.45) is 1.16. The van der Waals surface area contributed by atoms with Gasteiger partial charge < -0.3 is 4.74 Å². The summed E-state index contributed by atoms with van der Waals surface area (Å²) in [5.74, 6) is -0.394. The van der Waals surface area contributed by atoms with Crippen LogP contribution in [-0.2, 0) is 21.5 Å². The molecule has 0 N–H and O–H groups in total. The lowest BCUT2D eigenvalue weighted by molar-refractivity contribution is -0.138. The van der Waals surface area contributed by atoms with Gasteiger partial charge in [-0.2, -0.15) is 0 Å². The minimum absolute atomic E-state index is 0.298. The van der Waals surface area contributed by atoms with Gasteiger partial charge in [0.2, 0.25) is 0 Å². The highest BCUT2D eigenvalue weighted by Crippen LogP contribution is 2.13. The lowest BCUT2D eigenvalue weighted by Gasteiger charge is -2.06. The maximum Gasteiger partial charge on any atom is 0.330 e. The normalized spacial score (nSPS) is 9.50. The molecule has 0 radical (unpaired) electrons. The van der Waals surface area contributed by atoms with Crippen molar-refractivity contribution in [1.29, 1.82) is 0 Å². The summed E-state index contributed by atoms with van der Waals surface area (Å²) < 4.78 is 4.94. The van der Waals surface area contributed by atoms with Crippen LogP contribution >= 0.6 is 15.9 Å². The van der Waals surface area contributed by atoms with E-state index in [0.717, 1.165) is 22.5 Å². The SMILES string of the molecule is C=CC(=O)OCc1ccccc1CBr. The molecule has 1 aromatic carbocycles. The number of esters is 1. The van der Waals surface area contributed by atoms with Crippen LogP contribution in [0.3, 0.4) is 0 Å². The molecule has 0 unspecified atom stereocenters. The average Bonchev–Trinajstić information content (AvgIpc) is 2.26. The van der Waals surface area contributed by atoms with Crippen LogP contribution in [0.15, 0.2) is 36.9 Å². The zero-order valence-corrected chi connectivity index (χ0v) is 9.29. The van der Waals surface area contributed by atoms with Crippen LogP contribution in [0, 0.1) is 0 Å². The fourth-order valence-corrected chi connectivity index (χ4v) is 1.58. The highest BCUT2D eigenvalue weighted by atomic mass is 79.9. The van der Waals surface area contributed by atoms with Gasteiger partial charge in [0.25, 0.3) is 0 Å². The average molecular weight is 255 g/mol. The van der Waals surface area contributed by atoms with Crippen LogP contribution in [0.2, 0.25) is 0 Å². The lowest BCUT2D eigenvalue weighted by atomic mass is 10.1. The van der Waals surface area contributed by atoms with E-state index in [1.54, 1.807) is 0 Å². The summed E-state index contributed by atoms with van der Waals surface area (Å²) in [6.45, 7) is 3.63. The van der Waals surface area contributed by atoms with Crippen molar-refractivity contribution in [2.45, 2.75) is 11.9 Å². The second-order valence-electron chi connectivity index (χ2n) is 2.71. The number of hydrogen-bond donors (Lipinski definition) is 0. The van der Waals surface area contributed by atoms with Gasteiger partial charge in [-0.05, 0) is 11.1 Å². The third-order valence-electron chi connectivity index (χ3n) is 1.80. The second-order valence-corrected chi connectivity index (χ2v) is 3.27. The van der Waals surface area contributed by atoms with Gasteiger partial charge in [0.15, 0.2) is 0 Å². The van der Waals surface area contributed by atoms with Crippen molar-refractivity contribution < 1.29 is 9.53 Å². The topological polar surface area (TPSA) is 26.3 Å². The van der Waals surface area contributed by atoms with Gasteiger partial charge in [0.05, 0.1) is 0 Å². The first kappa shape index (κ1) is 11.0. The van der Waals surface area contributed by atoms with Gasteiger partial charge in [-0.3, -0.25) is 0 Å². The predicted molar refractivity (Wildman–Crippen MR) is 59.1 cm³/mol. The van der Waals surface area contributed by atoms with Gasteiger partial charge in [0.1, 0.15) is 6.61 Å². The number of rotatable bonds is 4. The Morgan fingerprint density at radius 1 is 1.43 bits per heavy atom. The van der Waals surface area contributed by atoms with Gasteiger partial charge >= 0.3 is 5.97 Å². The molecule has 14 heavy (non-hydrogen) atoms. The Hall–Kier alpha value is -1.09. The first-order chi connectivity index (χ1) is 6.77. The first-order valence-corrected chi connectivity index (χ1v) is 5.32. The highest BCUT2D eigenvalue weighted by molar-refractivity contribution is 9.08. The highest BCUT2D eigenvalue weighted by Gasteiger charge is 2.02. The molecule has 0 bridgehead atoms. The summed E-state index contributed by atoms with van der Waals surface area (Å²) in [4.78, 5) is 10.8. The maximum absolute atomic E-state index is 10.8. The molecule has 0 spiro atoms. The van der Waals surface area contributed by atoms with E-state index in [0.29, 0.717) is 6.61 Å². The van der Waals surface area contributed by atoms with Crippen LogP contribution in [0.25, 0.3) is 0 Å². The van der Waals surface area contributed by atoms with Crippen LogP contribution < -0.4 is 0 Å². The molecule has 2 nitrogen and oxygen atoms in total. The smallest absolute Gasteiger partial charge is 0.330 e. The molecular weight excluding hydrogens is 244 g/mol. The van der Waals surface area contributed by atoms with Crippen molar-refractivity contribution in [1.82, 2.24) is 0 Å². The van der Waals surface area contributed by atoms with Crippen molar-refractivity contribution in [2.75, 3.05) is 0 Å². The molecule has 0 aromatic heterocycles. The van der Waals surface area contributed by atoms with E-state index in [-0.39, 0.29) is 0 Å². The molecule has 0 heterocycles. The molecule has 0 saturated heterocycles. The Bertz CT molecular complexity index is 334. The Labute approximate surface area is 91.7 Å². The number of halogens is 1. The number of hydrogen-bond acceptors (Lipinski definition) is 2. The molecule has 74 valence electrons. The van der Waals surface area contributed by atoms with Crippen molar-refractivity contribution in [2.24, 2.45) is 0 Å². The molecular formula is C11H11BrO2. The Balaban J connectivity index is 2.66. The van der Waals surface area contributed by atoms with Crippen molar-refractivity contribution >= 4 is 21.9 Å². The predicted octanol–water partition coefficient (Wildman–Crippen LogP) is 2.81. The van der Waals surface area contributed by atoms with Gasteiger partial charge in [-0.1, -0.05) is 46.8 Å². The number of carbonyl (C=O) groups excluding carboxylic acids is 1. The zero-order valence-electron chi connectivity index (χ0n) is 7.70. The molecule has 0 aliphatic carbocycles. The third-order valence-corrected chi connectivity index (χ3v) is 2.40. The first-order valence-electron chi connectivity index (χ1n) is 4.20. The zero-order chi connectivity index (χ0) is 10.4. The van der Waals surface area contributed by atoms with E-state index < -0.39 is 5.97 Å². The summed E-state index contributed by atoms with van der Waals surface area (Å²) in [5.41, 5.74) is 2.14. The van der Waals surface area contributed by atoms with E-state index in [1.807, 2.05) is 24.3 Å². The quantitative estimate of drug-likeness (QED) is 0.469. The van der Waals surface area contributed by atoms with Crippen molar-refractivity contribution in [3.05, 3.63) is 48.0 Å². The number of benzene rings is 1.